The van der Waals surface area contributed by atoms with E-state index in [2.05, 4.69) is 5.32 Å². The summed E-state index contributed by atoms with van der Waals surface area (Å²) in [6.07, 6.45) is 1.09. The molecular formula is C18H18FNO. The lowest BCUT2D eigenvalue weighted by molar-refractivity contribution is -0.120. The van der Waals surface area contributed by atoms with Gasteiger partial charge in [-0.3, -0.25) is 4.79 Å². The summed E-state index contributed by atoms with van der Waals surface area (Å²) in [7, 11) is 0. The molecule has 3 rings (SSSR count). The lowest BCUT2D eigenvalue weighted by atomic mass is 9.85. The van der Waals surface area contributed by atoms with Crippen molar-refractivity contribution >= 4 is 11.5 Å². The second-order valence-corrected chi connectivity index (χ2v) is 5.57. The smallest absolute Gasteiger partial charge is 0.144 e. The summed E-state index contributed by atoms with van der Waals surface area (Å²) in [5.74, 6) is -0.211. The van der Waals surface area contributed by atoms with Crippen molar-refractivity contribution in [2.24, 2.45) is 0 Å². The van der Waals surface area contributed by atoms with Crippen LogP contribution in [-0.4, -0.2) is 12.3 Å². The molecule has 1 aliphatic rings. The predicted molar refractivity (Wildman–Crippen MR) is 82.1 cm³/mol. The van der Waals surface area contributed by atoms with Crippen molar-refractivity contribution < 1.29 is 9.18 Å². The van der Waals surface area contributed by atoms with Crippen LogP contribution in [0.1, 0.15) is 29.0 Å². The normalized spacial score (nSPS) is 17.0. The van der Waals surface area contributed by atoms with E-state index in [9.17, 15) is 9.18 Å². The molecule has 0 saturated heterocycles. The quantitative estimate of drug-likeness (QED) is 0.927. The standard InChI is InChI=1S/C18H18FNO/c1-12-6-7-14(19)10-13(12)11-18(21)16-8-9-20-17-5-3-2-4-15(16)17/h2-7,10,16,20H,8-9,11H2,1H3. The van der Waals surface area contributed by atoms with Crippen LogP contribution in [0, 0.1) is 12.7 Å². The van der Waals surface area contributed by atoms with Gasteiger partial charge in [-0.1, -0.05) is 24.3 Å². The van der Waals surface area contributed by atoms with Gasteiger partial charge in [0.15, 0.2) is 0 Å². The van der Waals surface area contributed by atoms with Crippen LogP contribution >= 0.6 is 0 Å². The van der Waals surface area contributed by atoms with E-state index in [0.717, 1.165) is 35.3 Å². The molecule has 1 aliphatic heterocycles. The van der Waals surface area contributed by atoms with Gasteiger partial charge < -0.3 is 5.32 Å². The van der Waals surface area contributed by atoms with Crippen LogP contribution in [0.2, 0.25) is 0 Å². The number of aryl methyl sites for hydroxylation is 1. The number of carbonyl (C=O) groups excluding carboxylic acids is 1. The molecule has 0 spiro atoms. The van der Waals surface area contributed by atoms with E-state index in [0.29, 0.717) is 6.42 Å². The Balaban J connectivity index is 1.85. The highest BCUT2D eigenvalue weighted by atomic mass is 19.1. The molecule has 0 aliphatic carbocycles. The summed E-state index contributed by atoms with van der Waals surface area (Å²) >= 11 is 0. The van der Waals surface area contributed by atoms with Crippen LogP contribution in [0.25, 0.3) is 0 Å². The molecular weight excluding hydrogens is 265 g/mol. The van der Waals surface area contributed by atoms with Gasteiger partial charge >= 0.3 is 0 Å². The van der Waals surface area contributed by atoms with E-state index in [-0.39, 0.29) is 17.5 Å². The third kappa shape index (κ3) is 2.82. The van der Waals surface area contributed by atoms with E-state index in [1.165, 1.54) is 12.1 Å². The molecule has 108 valence electrons. The van der Waals surface area contributed by atoms with Crippen LogP contribution in [0.4, 0.5) is 10.1 Å². The van der Waals surface area contributed by atoms with Crippen LogP contribution < -0.4 is 5.32 Å². The number of para-hydroxylation sites is 1. The molecule has 1 atom stereocenters. The molecule has 1 unspecified atom stereocenters. The van der Waals surface area contributed by atoms with Gasteiger partial charge in [0.05, 0.1) is 0 Å². The minimum absolute atomic E-state index is 0.0925. The van der Waals surface area contributed by atoms with Gasteiger partial charge in [-0.15, -0.1) is 0 Å². The van der Waals surface area contributed by atoms with Crippen molar-refractivity contribution in [1.29, 1.82) is 0 Å². The van der Waals surface area contributed by atoms with E-state index in [4.69, 9.17) is 0 Å². The Bertz CT molecular complexity index is 681. The lowest BCUT2D eigenvalue weighted by Crippen LogP contribution is -2.24. The summed E-state index contributed by atoms with van der Waals surface area (Å²) in [5.41, 5.74) is 3.85. The highest BCUT2D eigenvalue weighted by Gasteiger charge is 2.26. The molecule has 2 nitrogen and oxygen atoms in total. The van der Waals surface area contributed by atoms with Gasteiger partial charge in [-0.05, 0) is 48.2 Å². The maximum absolute atomic E-state index is 13.4. The fraction of sp³-hybridized carbons (Fsp3) is 0.278. The minimum Gasteiger partial charge on any atom is -0.385 e. The second-order valence-electron chi connectivity index (χ2n) is 5.57. The Labute approximate surface area is 124 Å². The Hall–Kier alpha value is -2.16. The van der Waals surface area contributed by atoms with Crippen molar-refractivity contribution in [3.63, 3.8) is 0 Å². The predicted octanol–water partition coefficient (Wildman–Crippen LogP) is 3.85. The zero-order chi connectivity index (χ0) is 14.8. The Morgan fingerprint density at radius 1 is 1.29 bits per heavy atom. The highest BCUT2D eigenvalue weighted by Crippen LogP contribution is 2.32. The van der Waals surface area contributed by atoms with Crippen molar-refractivity contribution in [2.45, 2.75) is 25.7 Å². The number of Topliss-reactive ketones (excluding diaryl/α,β-unsaturated/α-hetero) is 1. The van der Waals surface area contributed by atoms with Crippen molar-refractivity contribution in [2.75, 3.05) is 11.9 Å². The third-order valence-corrected chi connectivity index (χ3v) is 4.15. The Kier molecular flexibility index (Phi) is 3.74. The number of rotatable bonds is 3. The molecule has 0 amide bonds. The highest BCUT2D eigenvalue weighted by molar-refractivity contribution is 5.90. The van der Waals surface area contributed by atoms with Gasteiger partial charge in [0.1, 0.15) is 11.6 Å². The topological polar surface area (TPSA) is 29.1 Å². The van der Waals surface area contributed by atoms with Gasteiger partial charge in [-0.2, -0.15) is 0 Å². The Morgan fingerprint density at radius 2 is 2.10 bits per heavy atom. The van der Waals surface area contributed by atoms with Crippen molar-refractivity contribution in [3.8, 4) is 0 Å². The third-order valence-electron chi connectivity index (χ3n) is 4.15. The van der Waals surface area contributed by atoms with Gasteiger partial charge in [0.2, 0.25) is 0 Å². The molecule has 0 saturated carbocycles. The first-order valence-corrected chi connectivity index (χ1v) is 7.25. The molecule has 2 aromatic rings. The molecule has 0 aromatic heterocycles. The zero-order valence-corrected chi connectivity index (χ0v) is 12.0. The number of halogens is 1. The first kappa shape index (κ1) is 13.8. The number of hydrogen-bond acceptors (Lipinski definition) is 2. The zero-order valence-electron chi connectivity index (χ0n) is 12.0. The van der Waals surface area contributed by atoms with Crippen molar-refractivity contribution in [3.05, 3.63) is 65.0 Å². The number of anilines is 1. The van der Waals surface area contributed by atoms with Crippen molar-refractivity contribution in [1.82, 2.24) is 0 Å². The second kappa shape index (κ2) is 5.68. The lowest BCUT2D eigenvalue weighted by Gasteiger charge is -2.25. The number of ketones is 1. The molecule has 1 N–H and O–H groups in total. The number of fused-ring (bicyclic) bond motifs is 1. The van der Waals surface area contributed by atoms with Crippen LogP contribution in [-0.2, 0) is 11.2 Å². The number of hydrogen-bond donors (Lipinski definition) is 1. The van der Waals surface area contributed by atoms with E-state index < -0.39 is 0 Å². The molecule has 3 heteroatoms. The SMILES string of the molecule is Cc1ccc(F)cc1CC(=O)C1CCNc2ccccc21. The van der Waals surface area contributed by atoms with Crippen LogP contribution in [0.5, 0.6) is 0 Å². The number of carbonyl (C=O) groups is 1. The molecule has 0 radical (unpaired) electrons. The fourth-order valence-corrected chi connectivity index (χ4v) is 2.94. The van der Waals surface area contributed by atoms with Crippen LogP contribution in [0.15, 0.2) is 42.5 Å². The average Bonchev–Trinajstić information content (AvgIpc) is 2.50. The fourth-order valence-electron chi connectivity index (χ4n) is 2.94. The molecule has 0 fully saturated rings. The number of benzene rings is 2. The van der Waals surface area contributed by atoms with Gasteiger partial charge in [0, 0.05) is 24.6 Å². The van der Waals surface area contributed by atoms with E-state index in [1.807, 2.05) is 31.2 Å². The molecule has 1 heterocycles. The summed E-state index contributed by atoms with van der Waals surface area (Å²) in [5, 5.41) is 3.32. The van der Waals surface area contributed by atoms with Crippen LogP contribution in [0.3, 0.4) is 0 Å². The number of nitrogens with one attached hydrogen (secondary N) is 1. The molecule has 21 heavy (non-hydrogen) atoms. The largest absolute Gasteiger partial charge is 0.385 e. The summed E-state index contributed by atoms with van der Waals surface area (Å²) in [6.45, 7) is 2.72. The maximum atomic E-state index is 13.4. The molecule has 2 aromatic carbocycles. The first-order valence-electron chi connectivity index (χ1n) is 7.25. The van der Waals surface area contributed by atoms with E-state index >= 15 is 0 Å². The summed E-state index contributed by atoms with van der Waals surface area (Å²) in [6, 6.07) is 12.6. The minimum atomic E-state index is -0.283. The van der Waals surface area contributed by atoms with Gasteiger partial charge in [-0.25, -0.2) is 4.39 Å². The average molecular weight is 283 g/mol. The van der Waals surface area contributed by atoms with E-state index in [1.54, 1.807) is 6.07 Å². The molecule has 0 bridgehead atoms. The van der Waals surface area contributed by atoms with Gasteiger partial charge in [0.25, 0.3) is 0 Å². The monoisotopic (exact) mass is 283 g/mol. The maximum Gasteiger partial charge on any atom is 0.144 e. The Morgan fingerprint density at radius 3 is 2.95 bits per heavy atom. The summed E-state index contributed by atoms with van der Waals surface area (Å²) in [4.78, 5) is 12.6. The summed E-state index contributed by atoms with van der Waals surface area (Å²) < 4.78 is 13.4. The first-order chi connectivity index (χ1) is 10.1.